The molecule has 1 N–H and O–H groups in total. The van der Waals surface area contributed by atoms with E-state index in [1.807, 2.05) is 24.3 Å². The Morgan fingerprint density at radius 1 is 1.17 bits per heavy atom. The molecule has 0 atom stereocenters. The molecule has 0 saturated heterocycles. The maximum atomic E-state index is 11.7. The van der Waals surface area contributed by atoms with E-state index in [4.69, 9.17) is 21.1 Å². The lowest BCUT2D eigenvalue weighted by Gasteiger charge is -2.07. The summed E-state index contributed by atoms with van der Waals surface area (Å²) in [4.78, 5) is 27.2. The summed E-state index contributed by atoms with van der Waals surface area (Å²) >= 11 is 5.63. The normalized spacial score (nSPS) is 10.1. The topological polar surface area (TPSA) is 77.5 Å². The van der Waals surface area contributed by atoms with Crippen LogP contribution in [0.25, 0.3) is 0 Å². The molecule has 0 aliphatic rings. The van der Waals surface area contributed by atoms with Gasteiger partial charge in [0.25, 0.3) is 5.91 Å². The van der Waals surface area contributed by atoms with Gasteiger partial charge in [-0.25, -0.2) is 9.78 Å². The molecular weight excluding hydrogens is 332 g/mol. The fourth-order valence-electron chi connectivity index (χ4n) is 1.90. The predicted molar refractivity (Wildman–Crippen MR) is 89.2 cm³/mol. The number of nitrogens with zero attached hydrogens (tertiary/aromatic N) is 1. The average molecular weight is 349 g/mol. The van der Waals surface area contributed by atoms with Gasteiger partial charge in [0.15, 0.2) is 6.61 Å². The summed E-state index contributed by atoms with van der Waals surface area (Å²) in [6.07, 6.45) is 1.97. The third kappa shape index (κ3) is 5.55. The second kappa shape index (κ2) is 8.88. The first-order valence-electron chi connectivity index (χ1n) is 7.27. The minimum absolute atomic E-state index is 0.241. The van der Waals surface area contributed by atoms with E-state index in [9.17, 15) is 9.59 Å². The minimum Gasteiger partial charge on any atom is -0.497 e. The molecule has 0 aliphatic carbocycles. The molecule has 1 aromatic heterocycles. The molecule has 0 unspecified atom stereocenters. The van der Waals surface area contributed by atoms with E-state index in [1.165, 1.54) is 18.3 Å². The van der Waals surface area contributed by atoms with E-state index in [1.54, 1.807) is 7.11 Å². The predicted octanol–water partition coefficient (Wildman–Crippen LogP) is 2.26. The van der Waals surface area contributed by atoms with E-state index >= 15 is 0 Å². The number of pyridine rings is 1. The molecule has 2 aromatic rings. The molecule has 1 aromatic carbocycles. The molecule has 0 radical (unpaired) electrons. The van der Waals surface area contributed by atoms with Crippen molar-refractivity contribution < 1.29 is 19.1 Å². The van der Waals surface area contributed by atoms with Crippen LogP contribution in [0.2, 0.25) is 5.15 Å². The number of halogens is 1. The Hall–Kier alpha value is -2.60. The highest BCUT2D eigenvalue weighted by Gasteiger charge is 2.10. The van der Waals surface area contributed by atoms with Gasteiger partial charge in [-0.2, -0.15) is 0 Å². The number of amides is 1. The van der Waals surface area contributed by atoms with Crippen molar-refractivity contribution in [1.82, 2.24) is 10.3 Å². The van der Waals surface area contributed by atoms with Crippen LogP contribution in [0.15, 0.2) is 42.6 Å². The van der Waals surface area contributed by atoms with Gasteiger partial charge in [0.1, 0.15) is 10.9 Å². The molecule has 1 amide bonds. The first-order valence-corrected chi connectivity index (χ1v) is 7.64. The Morgan fingerprint density at radius 3 is 2.54 bits per heavy atom. The number of hydrogen-bond donors (Lipinski definition) is 1. The summed E-state index contributed by atoms with van der Waals surface area (Å²) in [5.74, 6) is -0.199. The number of carbonyl (C=O) groups excluding carboxylic acids is 2. The van der Waals surface area contributed by atoms with Crippen molar-refractivity contribution in [3.8, 4) is 5.75 Å². The van der Waals surface area contributed by atoms with Gasteiger partial charge >= 0.3 is 5.97 Å². The van der Waals surface area contributed by atoms with Crippen molar-refractivity contribution >= 4 is 23.5 Å². The smallest absolute Gasteiger partial charge is 0.340 e. The maximum absolute atomic E-state index is 11.7. The molecule has 0 aliphatic heterocycles. The van der Waals surface area contributed by atoms with Gasteiger partial charge in [0.05, 0.1) is 12.7 Å². The van der Waals surface area contributed by atoms with Crippen LogP contribution in [0.1, 0.15) is 15.9 Å². The Balaban J connectivity index is 1.69. The van der Waals surface area contributed by atoms with Crippen molar-refractivity contribution in [2.24, 2.45) is 0 Å². The van der Waals surface area contributed by atoms with Crippen LogP contribution in [0.3, 0.4) is 0 Å². The number of carbonyl (C=O) groups is 2. The van der Waals surface area contributed by atoms with E-state index in [0.717, 1.165) is 11.3 Å². The zero-order valence-corrected chi connectivity index (χ0v) is 13.9. The van der Waals surface area contributed by atoms with Gasteiger partial charge < -0.3 is 14.8 Å². The molecular formula is C17H17ClN2O4. The minimum atomic E-state index is -0.621. The fourth-order valence-corrected chi connectivity index (χ4v) is 2.01. The molecule has 0 spiro atoms. The number of hydrogen-bond acceptors (Lipinski definition) is 5. The van der Waals surface area contributed by atoms with Crippen molar-refractivity contribution in [2.45, 2.75) is 6.42 Å². The number of nitrogens with one attached hydrogen (secondary N) is 1. The second-order valence-electron chi connectivity index (χ2n) is 4.89. The Morgan fingerprint density at radius 2 is 1.92 bits per heavy atom. The van der Waals surface area contributed by atoms with Gasteiger partial charge in [0, 0.05) is 12.7 Å². The number of methoxy groups -OCH3 is 1. The van der Waals surface area contributed by atoms with Gasteiger partial charge in [-0.3, -0.25) is 4.79 Å². The van der Waals surface area contributed by atoms with Crippen LogP contribution in [0.5, 0.6) is 5.75 Å². The summed E-state index contributed by atoms with van der Waals surface area (Å²) in [6.45, 7) is 0.106. The lowest BCUT2D eigenvalue weighted by molar-refractivity contribution is -0.124. The van der Waals surface area contributed by atoms with E-state index < -0.39 is 5.97 Å². The molecule has 6 nitrogen and oxygen atoms in total. The second-order valence-corrected chi connectivity index (χ2v) is 5.28. The zero-order chi connectivity index (χ0) is 17.4. The molecule has 0 saturated carbocycles. The van der Waals surface area contributed by atoms with Gasteiger partial charge in [0.2, 0.25) is 0 Å². The third-order valence-electron chi connectivity index (χ3n) is 3.19. The van der Waals surface area contributed by atoms with E-state index in [2.05, 4.69) is 10.3 Å². The largest absolute Gasteiger partial charge is 0.497 e. The first-order chi connectivity index (χ1) is 11.6. The first kappa shape index (κ1) is 17.7. The van der Waals surface area contributed by atoms with Crippen molar-refractivity contribution in [3.05, 3.63) is 58.9 Å². The Kier molecular flexibility index (Phi) is 6.57. The highest BCUT2D eigenvalue weighted by Crippen LogP contribution is 2.11. The molecule has 1 heterocycles. The van der Waals surface area contributed by atoms with Crippen LogP contribution in [0.4, 0.5) is 0 Å². The molecule has 7 heteroatoms. The van der Waals surface area contributed by atoms with Crippen molar-refractivity contribution in [2.75, 3.05) is 20.3 Å². The van der Waals surface area contributed by atoms with Crippen LogP contribution in [-0.4, -0.2) is 37.1 Å². The van der Waals surface area contributed by atoms with Crippen LogP contribution in [-0.2, 0) is 16.0 Å². The van der Waals surface area contributed by atoms with Gasteiger partial charge in [-0.05, 0) is 36.2 Å². The van der Waals surface area contributed by atoms with E-state index in [-0.39, 0.29) is 23.2 Å². The SMILES string of the molecule is COc1ccc(CCNC(=O)COC(=O)c2ccc(Cl)nc2)cc1. The van der Waals surface area contributed by atoms with Gasteiger partial charge in [-0.15, -0.1) is 0 Å². The Labute approximate surface area is 144 Å². The molecule has 126 valence electrons. The van der Waals surface area contributed by atoms with Crippen LogP contribution < -0.4 is 10.1 Å². The average Bonchev–Trinajstić information content (AvgIpc) is 2.61. The number of aromatic nitrogens is 1. The Bertz CT molecular complexity index is 687. The maximum Gasteiger partial charge on any atom is 0.340 e. The number of esters is 1. The fraction of sp³-hybridized carbons (Fsp3) is 0.235. The van der Waals surface area contributed by atoms with E-state index in [0.29, 0.717) is 13.0 Å². The summed E-state index contributed by atoms with van der Waals surface area (Å²) in [5.41, 5.74) is 1.31. The number of rotatable bonds is 7. The zero-order valence-electron chi connectivity index (χ0n) is 13.1. The summed E-state index contributed by atoms with van der Waals surface area (Å²) in [6, 6.07) is 10.5. The van der Waals surface area contributed by atoms with Crippen molar-refractivity contribution in [3.63, 3.8) is 0 Å². The summed E-state index contributed by atoms with van der Waals surface area (Å²) < 4.78 is 9.99. The summed E-state index contributed by atoms with van der Waals surface area (Å²) in [5, 5.41) is 2.97. The lowest BCUT2D eigenvalue weighted by atomic mass is 10.1. The molecule has 0 fully saturated rings. The summed E-state index contributed by atoms with van der Waals surface area (Å²) in [7, 11) is 1.61. The van der Waals surface area contributed by atoms with Gasteiger partial charge in [-0.1, -0.05) is 23.7 Å². The quantitative estimate of drug-likeness (QED) is 0.613. The monoisotopic (exact) mass is 348 g/mol. The number of benzene rings is 1. The van der Waals surface area contributed by atoms with Crippen molar-refractivity contribution in [1.29, 1.82) is 0 Å². The highest BCUT2D eigenvalue weighted by molar-refractivity contribution is 6.29. The lowest BCUT2D eigenvalue weighted by Crippen LogP contribution is -2.30. The highest BCUT2D eigenvalue weighted by atomic mass is 35.5. The number of ether oxygens (including phenoxy) is 2. The molecule has 24 heavy (non-hydrogen) atoms. The van der Waals surface area contributed by atoms with Crippen LogP contribution in [0, 0.1) is 0 Å². The molecule has 2 rings (SSSR count). The third-order valence-corrected chi connectivity index (χ3v) is 3.42. The van der Waals surface area contributed by atoms with Crippen LogP contribution >= 0.6 is 11.6 Å². The molecule has 0 bridgehead atoms. The standard InChI is InChI=1S/C17H17ClN2O4/c1-23-14-5-2-12(3-6-14)8-9-19-16(21)11-24-17(22)13-4-7-15(18)20-10-13/h2-7,10H,8-9,11H2,1H3,(H,19,21).